The smallest absolute Gasteiger partial charge is 0.187 e. The minimum absolute atomic E-state index is 0.763. The van der Waals surface area contributed by atoms with Crippen LogP contribution in [0.3, 0.4) is 0 Å². The Balaban J connectivity index is 1.65. The minimum Gasteiger partial charge on any atom is -0.495 e. The highest BCUT2D eigenvalue weighted by Gasteiger charge is 2.13. The molecule has 0 amide bonds. The lowest BCUT2D eigenvalue weighted by Crippen LogP contribution is -1.95. The molecule has 0 aliphatic rings. The van der Waals surface area contributed by atoms with Crippen LogP contribution in [0.25, 0.3) is 21.7 Å². The number of aromatic amines is 1. The molecule has 26 heavy (non-hydrogen) atoms. The minimum atomic E-state index is 0.763. The molecule has 0 bridgehead atoms. The number of rotatable bonds is 5. The monoisotopic (exact) mass is 383 g/mol. The summed E-state index contributed by atoms with van der Waals surface area (Å²) >= 11 is 3.23. The van der Waals surface area contributed by atoms with E-state index in [4.69, 9.17) is 9.72 Å². The van der Waals surface area contributed by atoms with Gasteiger partial charge in [-0.05, 0) is 31.5 Å². The van der Waals surface area contributed by atoms with Gasteiger partial charge in [-0.25, -0.2) is 9.97 Å². The summed E-state index contributed by atoms with van der Waals surface area (Å²) in [5, 5.41) is 14.1. The summed E-state index contributed by atoms with van der Waals surface area (Å²) in [7, 11) is 1.66. The van der Waals surface area contributed by atoms with Crippen LogP contribution in [0.1, 0.15) is 10.7 Å². The Morgan fingerprint density at radius 1 is 1.15 bits per heavy atom. The molecule has 0 spiro atoms. The van der Waals surface area contributed by atoms with E-state index in [1.807, 2.05) is 38.2 Å². The van der Waals surface area contributed by atoms with Crippen LogP contribution in [0, 0.1) is 13.8 Å². The number of ether oxygens (including phenoxy) is 1. The molecule has 3 aromatic heterocycles. The van der Waals surface area contributed by atoms with Crippen LogP contribution in [0.5, 0.6) is 5.75 Å². The lowest BCUT2D eigenvalue weighted by Gasteiger charge is -2.10. The number of hydrogen-bond acceptors (Lipinski definition) is 7. The van der Waals surface area contributed by atoms with Crippen molar-refractivity contribution < 1.29 is 4.74 Å². The first-order chi connectivity index (χ1) is 12.6. The van der Waals surface area contributed by atoms with E-state index in [9.17, 15) is 0 Å². The second-order valence-corrected chi connectivity index (χ2v) is 7.77. The van der Waals surface area contributed by atoms with Crippen molar-refractivity contribution in [3.8, 4) is 27.4 Å². The van der Waals surface area contributed by atoms with E-state index in [2.05, 4.69) is 25.9 Å². The van der Waals surface area contributed by atoms with Gasteiger partial charge >= 0.3 is 0 Å². The highest BCUT2D eigenvalue weighted by atomic mass is 32.1. The zero-order chi connectivity index (χ0) is 18.1. The molecular weight excluding hydrogens is 366 g/mol. The molecule has 0 unspecified atom stereocenters. The van der Waals surface area contributed by atoms with Crippen molar-refractivity contribution in [2.24, 2.45) is 0 Å². The maximum atomic E-state index is 5.49. The first-order valence-corrected chi connectivity index (χ1v) is 9.68. The molecule has 3 heterocycles. The van der Waals surface area contributed by atoms with Gasteiger partial charge in [0.05, 0.1) is 40.3 Å². The predicted molar refractivity (Wildman–Crippen MR) is 107 cm³/mol. The quantitative estimate of drug-likeness (QED) is 0.506. The number of H-pyrrole nitrogens is 1. The average Bonchev–Trinajstić information content (AvgIpc) is 3.36. The van der Waals surface area contributed by atoms with Crippen LogP contribution < -0.4 is 10.1 Å². The predicted octanol–water partition coefficient (Wildman–Crippen LogP) is 5.03. The van der Waals surface area contributed by atoms with Crippen molar-refractivity contribution in [1.82, 2.24) is 20.2 Å². The SMILES string of the molecule is COc1ccc(-c2cn[nH]c2)cc1Nc1nc(-c2sc(C)nc2C)cs1. The van der Waals surface area contributed by atoms with E-state index >= 15 is 0 Å². The molecule has 0 saturated carbocycles. The summed E-state index contributed by atoms with van der Waals surface area (Å²) in [5.74, 6) is 0.763. The Morgan fingerprint density at radius 3 is 2.73 bits per heavy atom. The molecule has 0 atom stereocenters. The highest BCUT2D eigenvalue weighted by molar-refractivity contribution is 7.16. The summed E-state index contributed by atoms with van der Waals surface area (Å²) in [4.78, 5) is 10.3. The Bertz CT molecular complexity index is 1040. The zero-order valence-electron chi connectivity index (χ0n) is 14.5. The van der Waals surface area contributed by atoms with Crippen molar-refractivity contribution in [2.45, 2.75) is 13.8 Å². The molecule has 0 saturated heterocycles. The number of methoxy groups -OCH3 is 1. The molecule has 4 rings (SSSR count). The highest BCUT2D eigenvalue weighted by Crippen LogP contribution is 2.36. The summed E-state index contributed by atoms with van der Waals surface area (Å²) < 4.78 is 5.49. The topological polar surface area (TPSA) is 75.7 Å². The van der Waals surface area contributed by atoms with Crippen molar-refractivity contribution >= 4 is 33.5 Å². The number of benzene rings is 1. The lowest BCUT2D eigenvalue weighted by atomic mass is 10.1. The van der Waals surface area contributed by atoms with E-state index in [0.29, 0.717) is 0 Å². The van der Waals surface area contributed by atoms with Gasteiger partial charge < -0.3 is 10.1 Å². The summed E-state index contributed by atoms with van der Waals surface area (Å²) in [6, 6.07) is 5.98. The number of aryl methyl sites for hydroxylation is 2. The van der Waals surface area contributed by atoms with Crippen molar-refractivity contribution in [1.29, 1.82) is 0 Å². The Morgan fingerprint density at radius 2 is 2.04 bits per heavy atom. The number of anilines is 2. The molecule has 1 aromatic carbocycles. The second-order valence-electron chi connectivity index (χ2n) is 5.71. The summed E-state index contributed by atoms with van der Waals surface area (Å²) in [5.41, 5.74) is 4.90. The fraction of sp³-hybridized carbons (Fsp3) is 0.167. The van der Waals surface area contributed by atoms with Crippen molar-refractivity contribution in [2.75, 3.05) is 12.4 Å². The van der Waals surface area contributed by atoms with Crippen LogP contribution in [-0.2, 0) is 0 Å². The van der Waals surface area contributed by atoms with Crippen LogP contribution in [0.4, 0.5) is 10.8 Å². The van der Waals surface area contributed by atoms with Gasteiger partial charge in [-0.3, -0.25) is 5.10 Å². The van der Waals surface area contributed by atoms with Crippen LogP contribution in [0.2, 0.25) is 0 Å². The lowest BCUT2D eigenvalue weighted by molar-refractivity contribution is 0.417. The molecule has 0 aliphatic heterocycles. The van der Waals surface area contributed by atoms with Gasteiger partial charge in [-0.15, -0.1) is 22.7 Å². The molecule has 0 aliphatic carbocycles. The van der Waals surface area contributed by atoms with Crippen LogP contribution >= 0.6 is 22.7 Å². The first kappa shape index (κ1) is 16.7. The van der Waals surface area contributed by atoms with E-state index in [0.717, 1.165) is 49.0 Å². The first-order valence-electron chi connectivity index (χ1n) is 7.98. The molecule has 8 heteroatoms. The fourth-order valence-electron chi connectivity index (χ4n) is 2.71. The van der Waals surface area contributed by atoms with Gasteiger partial charge in [0, 0.05) is 17.1 Å². The third-order valence-corrected chi connectivity index (χ3v) is 5.77. The largest absolute Gasteiger partial charge is 0.495 e. The zero-order valence-corrected chi connectivity index (χ0v) is 16.2. The molecule has 2 N–H and O–H groups in total. The fourth-order valence-corrected chi connectivity index (χ4v) is 4.38. The Kier molecular flexibility index (Phi) is 4.44. The van der Waals surface area contributed by atoms with Gasteiger partial charge in [0.25, 0.3) is 0 Å². The molecule has 6 nitrogen and oxygen atoms in total. The van der Waals surface area contributed by atoms with Crippen LogP contribution in [-0.4, -0.2) is 27.3 Å². The standard InChI is InChI=1S/C18H17N5OS2/c1-10-17(26-11(2)21-10)15-9-25-18(23-15)22-14-6-12(4-5-16(14)24-3)13-7-19-20-8-13/h4-9H,1-3H3,(H,19,20)(H,22,23). The third-order valence-electron chi connectivity index (χ3n) is 3.91. The molecule has 4 aromatic rings. The average molecular weight is 384 g/mol. The van der Waals surface area contributed by atoms with Crippen molar-refractivity contribution in [3.63, 3.8) is 0 Å². The maximum Gasteiger partial charge on any atom is 0.187 e. The van der Waals surface area contributed by atoms with Gasteiger partial charge in [0.2, 0.25) is 0 Å². The number of aromatic nitrogens is 4. The second kappa shape index (κ2) is 6.89. The number of thiazole rings is 2. The van der Waals surface area contributed by atoms with Gasteiger partial charge in [-0.1, -0.05) is 6.07 Å². The Hall–Kier alpha value is -2.71. The number of nitrogens with zero attached hydrogens (tertiary/aromatic N) is 3. The van der Waals surface area contributed by atoms with E-state index in [1.165, 1.54) is 0 Å². The number of nitrogens with one attached hydrogen (secondary N) is 2. The number of hydrogen-bond donors (Lipinski definition) is 2. The maximum absolute atomic E-state index is 5.49. The van der Waals surface area contributed by atoms with Gasteiger partial charge in [0.1, 0.15) is 5.75 Å². The summed E-state index contributed by atoms with van der Waals surface area (Å²) in [6.07, 6.45) is 3.66. The van der Waals surface area contributed by atoms with Crippen LogP contribution in [0.15, 0.2) is 36.0 Å². The van der Waals surface area contributed by atoms with Gasteiger partial charge in [0.15, 0.2) is 5.13 Å². The summed E-state index contributed by atoms with van der Waals surface area (Å²) in [6.45, 7) is 4.03. The molecule has 0 radical (unpaired) electrons. The third kappa shape index (κ3) is 3.21. The van der Waals surface area contributed by atoms with E-state index < -0.39 is 0 Å². The molecular formula is C18H17N5OS2. The molecule has 0 fully saturated rings. The van der Waals surface area contributed by atoms with Gasteiger partial charge in [-0.2, -0.15) is 5.10 Å². The van der Waals surface area contributed by atoms with E-state index in [-0.39, 0.29) is 0 Å². The normalized spacial score (nSPS) is 10.9. The Labute approximate surface area is 158 Å². The molecule has 132 valence electrons. The van der Waals surface area contributed by atoms with E-state index in [1.54, 1.807) is 36.0 Å². The van der Waals surface area contributed by atoms with Crippen molar-refractivity contribution in [3.05, 3.63) is 46.7 Å².